The maximum absolute atomic E-state index is 12.6. The van der Waals surface area contributed by atoms with Crippen LogP contribution in [-0.2, 0) is 12.6 Å². The molecule has 3 nitrogen and oxygen atoms in total. The van der Waals surface area contributed by atoms with Crippen molar-refractivity contribution in [3.8, 4) is 10.6 Å². The van der Waals surface area contributed by atoms with Crippen molar-refractivity contribution >= 4 is 11.3 Å². The minimum Gasteiger partial charge on any atom is -0.319 e. The van der Waals surface area contributed by atoms with Crippen LogP contribution < -0.4 is 5.32 Å². The van der Waals surface area contributed by atoms with Crippen molar-refractivity contribution in [3.63, 3.8) is 0 Å². The first-order valence-electron chi connectivity index (χ1n) is 5.65. The smallest absolute Gasteiger partial charge is 0.319 e. The van der Waals surface area contributed by atoms with Crippen LogP contribution in [0.3, 0.4) is 0 Å². The van der Waals surface area contributed by atoms with Crippen LogP contribution in [0, 0.1) is 0 Å². The second-order valence-corrected chi connectivity index (χ2v) is 5.00. The fourth-order valence-corrected chi connectivity index (χ4v) is 2.37. The zero-order valence-electron chi connectivity index (χ0n) is 10.2. The van der Waals surface area contributed by atoms with E-state index in [2.05, 4.69) is 15.5 Å². The first kappa shape index (κ1) is 14.0. The van der Waals surface area contributed by atoms with Crippen molar-refractivity contribution in [3.05, 3.63) is 34.8 Å². The minimum atomic E-state index is -4.34. The summed E-state index contributed by atoms with van der Waals surface area (Å²) in [5, 5.41) is 12.2. The number of rotatable bonds is 4. The van der Waals surface area contributed by atoms with Gasteiger partial charge in [0.05, 0.1) is 5.56 Å². The SMILES string of the molecule is CNCCc1nnc(-c2cccc(C(F)(F)F)c2)s1. The Labute approximate surface area is 112 Å². The van der Waals surface area contributed by atoms with Gasteiger partial charge in [0.1, 0.15) is 10.0 Å². The van der Waals surface area contributed by atoms with Crippen LogP contribution in [0.2, 0.25) is 0 Å². The molecule has 7 heteroatoms. The van der Waals surface area contributed by atoms with Crippen LogP contribution in [0.25, 0.3) is 10.6 Å². The number of nitrogens with one attached hydrogen (secondary N) is 1. The lowest BCUT2D eigenvalue weighted by molar-refractivity contribution is -0.137. The van der Waals surface area contributed by atoms with E-state index in [9.17, 15) is 13.2 Å². The van der Waals surface area contributed by atoms with Crippen LogP contribution >= 0.6 is 11.3 Å². The summed E-state index contributed by atoms with van der Waals surface area (Å²) >= 11 is 1.32. The van der Waals surface area contributed by atoms with Gasteiger partial charge < -0.3 is 5.32 Å². The van der Waals surface area contributed by atoms with Gasteiger partial charge in [0.25, 0.3) is 0 Å². The molecule has 0 saturated heterocycles. The molecule has 0 aliphatic heterocycles. The Morgan fingerprint density at radius 2 is 2.05 bits per heavy atom. The predicted octanol–water partition coefficient (Wildman–Crippen LogP) is 2.99. The average Bonchev–Trinajstić information content (AvgIpc) is 2.84. The fraction of sp³-hybridized carbons (Fsp3) is 0.333. The number of benzene rings is 1. The summed E-state index contributed by atoms with van der Waals surface area (Å²) < 4.78 is 37.8. The van der Waals surface area contributed by atoms with Gasteiger partial charge in [0, 0.05) is 18.5 Å². The zero-order chi connectivity index (χ0) is 13.9. The second-order valence-electron chi connectivity index (χ2n) is 3.93. The Balaban J connectivity index is 2.24. The Morgan fingerprint density at radius 1 is 1.26 bits per heavy atom. The minimum absolute atomic E-state index is 0.447. The lowest BCUT2D eigenvalue weighted by atomic mass is 10.1. The maximum atomic E-state index is 12.6. The third kappa shape index (κ3) is 3.51. The lowest BCUT2D eigenvalue weighted by Crippen LogP contribution is -2.09. The molecule has 0 amide bonds. The van der Waals surface area contributed by atoms with Gasteiger partial charge in [-0.3, -0.25) is 0 Å². The second kappa shape index (κ2) is 5.66. The fourth-order valence-electron chi connectivity index (χ4n) is 1.53. The highest BCUT2D eigenvalue weighted by molar-refractivity contribution is 7.14. The molecule has 1 aromatic heterocycles. The van der Waals surface area contributed by atoms with Gasteiger partial charge in [0.15, 0.2) is 0 Å². The van der Waals surface area contributed by atoms with Gasteiger partial charge in [-0.05, 0) is 19.2 Å². The molecule has 1 heterocycles. The molecular weight excluding hydrogens is 275 g/mol. The van der Waals surface area contributed by atoms with Crippen molar-refractivity contribution in [2.75, 3.05) is 13.6 Å². The summed E-state index contributed by atoms with van der Waals surface area (Å²) in [7, 11) is 1.83. The Hall–Kier alpha value is -1.47. The standard InChI is InChI=1S/C12H12F3N3S/c1-16-6-5-10-17-18-11(19-10)8-3-2-4-9(7-8)12(13,14)15/h2-4,7,16H,5-6H2,1H3. The van der Waals surface area contributed by atoms with Crippen molar-refractivity contribution in [1.82, 2.24) is 15.5 Å². The topological polar surface area (TPSA) is 37.8 Å². The number of alkyl halides is 3. The summed E-state index contributed by atoms with van der Waals surface area (Å²) in [5.41, 5.74) is -0.222. The predicted molar refractivity (Wildman–Crippen MR) is 68.0 cm³/mol. The third-order valence-electron chi connectivity index (χ3n) is 2.49. The van der Waals surface area contributed by atoms with Crippen molar-refractivity contribution in [2.24, 2.45) is 0 Å². The molecule has 0 unspecified atom stereocenters. The van der Waals surface area contributed by atoms with Gasteiger partial charge >= 0.3 is 6.18 Å². The Kier molecular flexibility index (Phi) is 4.16. The van der Waals surface area contributed by atoms with Gasteiger partial charge in [-0.25, -0.2) is 0 Å². The van der Waals surface area contributed by atoms with Gasteiger partial charge in [-0.15, -0.1) is 10.2 Å². The van der Waals surface area contributed by atoms with Crippen molar-refractivity contribution in [1.29, 1.82) is 0 Å². The van der Waals surface area contributed by atoms with E-state index < -0.39 is 11.7 Å². The van der Waals surface area contributed by atoms with E-state index in [-0.39, 0.29) is 0 Å². The number of halogens is 3. The molecule has 2 aromatic rings. The van der Waals surface area contributed by atoms with E-state index in [1.807, 2.05) is 7.05 Å². The van der Waals surface area contributed by atoms with E-state index in [1.165, 1.54) is 17.4 Å². The molecule has 102 valence electrons. The molecular formula is C12H12F3N3S. The van der Waals surface area contributed by atoms with Crippen molar-refractivity contribution < 1.29 is 13.2 Å². The average molecular weight is 287 g/mol. The van der Waals surface area contributed by atoms with Crippen LogP contribution in [0.5, 0.6) is 0 Å². The Morgan fingerprint density at radius 3 is 2.74 bits per heavy atom. The van der Waals surface area contributed by atoms with Crippen LogP contribution in [0.4, 0.5) is 13.2 Å². The normalized spacial score (nSPS) is 11.8. The molecule has 0 bridgehead atoms. The van der Waals surface area contributed by atoms with E-state index in [1.54, 1.807) is 6.07 Å². The molecule has 1 aromatic carbocycles. The highest BCUT2D eigenvalue weighted by Crippen LogP contribution is 2.32. The third-order valence-corrected chi connectivity index (χ3v) is 3.52. The number of likely N-dealkylation sites (N-methyl/N-ethyl adjacent to an activating group) is 1. The van der Waals surface area contributed by atoms with Crippen LogP contribution in [-0.4, -0.2) is 23.8 Å². The first-order valence-corrected chi connectivity index (χ1v) is 6.47. The highest BCUT2D eigenvalue weighted by Gasteiger charge is 2.30. The van der Waals surface area contributed by atoms with E-state index in [0.29, 0.717) is 17.0 Å². The molecule has 0 aliphatic carbocycles. The number of hydrogen-bond acceptors (Lipinski definition) is 4. The molecule has 0 spiro atoms. The number of hydrogen-bond donors (Lipinski definition) is 1. The first-order chi connectivity index (χ1) is 9.00. The summed E-state index contributed by atoms with van der Waals surface area (Å²) in [6, 6.07) is 5.14. The van der Waals surface area contributed by atoms with Crippen LogP contribution in [0.1, 0.15) is 10.6 Å². The summed E-state index contributed by atoms with van der Waals surface area (Å²) in [6.45, 7) is 0.761. The summed E-state index contributed by atoms with van der Waals surface area (Å²) in [4.78, 5) is 0. The quantitative estimate of drug-likeness (QED) is 0.939. The summed E-state index contributed by atoms with van der Waals surface area (Å²) in [5.74, 6) is 0. The maximum Gasteiger partial charge on any atom is 0.416 e. The van der Waals surface area contributed by atoms with E-state index in [4.69, 9.17) is 0 Å². The largest absolute Gasteiger partial charge is 0.416 e. The Bertz CT molecular complexity index is 551. The van der Waals surface area contributed by atoms with E-state index in [0.717, 1.165) is 23.7 Å². The number of aromatic nitrogens is 2. The van der Waals surface area contributed by atoms with Gasteiger partial charge in [-0.2, -0.15) is 13.2 Å². The molecule has 2 rings (SSSR count). The monoisotopic (exact) mass is 287 g/mol. The molecule has 19 heavy (non-hydrogen) atoms. The number of nitrogens with zero attached hydrogens (tertiary/aromatic N) is 2. The highest BCUT2D eigenvalue weighted by atomic mass is 32.1. The van der Waals surface area contributed by atoms with Gasteiger partial charge in [-0.1, -0.05) is 23.5 Å². The van der Waals surface area contributed by atoms with Crippen LogP contribution in [0.15, 0.2) is 24.3 Å². The van der Waals surface area contributed by atoms with Gasteiger partial charge in [0.2, 0.25) is 0 Å². The molecule has 0 fully saturated rings. The molecule has 0 saturated carbocycles. The molecule has 1 N–H and O–H groups in total. The lowest BCUT2D eigenvalue weighted by Gasteiger charge is -2.06. The van der Waals surface area contributed by atoms with E-state index >= 15 is 0 Å². The van der Waals surface area contributed by atoms with Crippen molar-refractivity contribution in [2.45, 2.75) is 12.6 Å². The summed E-state index contributed by atoms with van der Waals surface area (Å²) in [6.07, 6.45) is -3.62. The molecule has 0 aliphatic rings. The molecule has 0 radical (unpaired) electrons. The zero-order valence-corrected chi connectivity index (χ0v) is 11.0. The molecule has 0 atom stereocenters.